The number of hydrogen-bond donors (Lipinski definition) is 0. The molecule has 1 aromatic carbocycles. The third kappa shape index (κ3) is 5.49. The van der Waals surface area contributed by atoms with Crippen molar-refractivity contribution in [3.05, 3.63) is 28.2 Å². The monoisotopic (exact) mass is 382 g/mol. The van der Waals surface area contributed by atoms with Crippen LogP contribution in [0.25, 0.3) is 0 Å². The van der Waals surface area contributed by atoms with E-state index < -0.39 is 0 Å². The predicted molar refractivity (Wildman–Crippen MR) is 93.2 cm³/mol. The second-order valence-corrected chi connectivity index (χ2v) is 7.42. The lowest BCUT2D eigenvalue weighted by Crippen LogP contribution is -2.25. The summed E-state index contributed by atoms with van der Waals surface area (Å²) < 4.78 is 0. The Hall–Kier alpha value is 0.630. The summed E-state index contributed by atoms with van der Waals surface area (Å²) in [6.45, 7) is 4.51. The summed E-state index contributed by atoms with van der Waals surface area (Å²) in [5, 5.41) is 2.60. The lowest BCUT2D eigenvalue weighted by Gasteiger charge is -2.31. The summed E-state index contributed by atoms with van der Waals surface area (Å²) in [5.74, 6) is 1.08. The fourth-order valence-corrected chi connectivity index (χ4v) is 5.13. The van der Waals surface area contributed by atoms with E-state index in [0.717, 1.165) is 26.0 Å². The SMILES string of the molecule is CCCC(CBr)(CCC)CSc1cc(Cl)ccc1Cl. The van der Waals surface area contributed by atoms with Gasteiger partial charge in [0.1, 0.15) is 0 Å². The van der Waals surface area contributed by atoms with E-state index in [9.17, 15) is 0 Å². The minimum absolute atomic E-state index is 0.361. The van der Waals surface area contributed by atoms with Gasteiger partial charge in [0.05, 0.1) is 5.02 Å². The Morgan fingerprint density at radius 1 is 1.16 bits per heavy atom. The van der Waals surface area contributed by atoms with Crippen LogP contribution in [0.5, 0.6) is 0 Å². The fourth-order valence-electron chi connectivity index (χ4n) is 2.32. The highest BCUT2D eigenvalue weighted by atomic mass is 79.9. The molecule has 108 valence electrons. The minimum atomic E-state index is 0.361. The van der Waals surface area contributed by atoms with Crippen molar-refractivity contribution in [2.75, 3.05) is 11.1 Å². The van der Waals surface area contributed by atoms with Crippen LogP contribution in [-0.2, 0) is 0 Å². The average Bonchev–Trinajstić information content (AvgIpc) is 2.40. The van der Waals surface area contributed by atoms with Crippen LogP contribution < -0.4 is 0 Å². The molecule has 0 aliphatic heterocycles. The van der Waals surface area contributed by atoms with Gasteiger partial charge < -0.3 is 0 Å². The summed E-state index contributed by atoms with van der Waals surface area (Å²) in [4.78, 5) is 1.09. The van der Waals surface area contributed by atoms with E-state index in [2.05, 4.69) is 29.8 Å². The van der Waals surface area contributed by atoms with Gasteiger partial charge in [-0.2, -0.15) is 0 Å². The minimum Gasteiger partial charge on any atom is -0.124 e. The Bertz CT molecular complexity index is 390. The summed E-state index contributed by atoms with van der Waals surface area (Å²) in [5.41, 5.74) is 0.361. The second kappa shape index (κ2) is 8.81. The molecule has 19 heavy (non-hydrogen) atoms. The molecule has 0 bridgehead atoms. The first-order valence-electron chi connectivity index (χ1n) is 6.70. The first-order valence-corrected chi connectivity index (χ1v) is 9.57. The van der Waals surface area contributed by atoms with E-state index in [1.165, 1.54) is 25.7 Å². The molecule has 0 heterocycles. The van der Waals surface area contributed by atoms with Crippen molar-refractivity contribution in [2.24, 2.45) is 5.41 Å². The number of alkyl halides is 1. The lowest BCUT2D eigenvalue weighted by molar-refractivity contribution is 0.320. The maximum absolute atomic E-state index is 6.23. The van der Waals surface area contributed by atoms with Gasteiger partial charge in [0, 0.05) is 21.0 Å². The van der Waals surface area contributed by atoms with Crippen LogP contribution in [0.15, 0.2) is 23.1 Å². The third-order valence-electron chi connectivity index (χ3n) is 3.27. The van der Waals surface area contributed by atoms with Crippen molar-refractivity contribution in [3.63, 3.8) is 0 Å². The maximum atomic E-state index is 6.23. The van der Waals surface area contributed by atoms with Gasteiger partial charge >= 0.3 is 0 Å². The van der Waals surface area contributed by atoms with E-state index in [-0.39, 0.29) is 0 Å². The zero-order valence-electron chi connectivity index (χ0n) is 11.5. The average molecular weight is 384 g/mol. The van der Waals surface area contributed by atoms with Gasteiger partial charge in [0.15, 0.2) is 0 Å². The molecule has 0 radical (unpaired) electrons. The van der Waals surface area contributed by atoms with Gasteiger partial charge in [0.25, 0.3) is 0 Å². The van der Waals surface area contributed by atoms with Crippen molar-refractivity contribution in [2.45, 2.75) is 44.4 Å². The van der Waals surface area contributed by atoms with Crippen molar-refractivity contribution < 1.29 is 0 Å². The molecular weight excluding hydrogens is 363 g/mol. The standard InChI is InChI=1S/C15H21BrCl2S/c1-3-7-15(10-16,8-4-2)11-19-14-9-12(17)5-6-13(14)18/h5-6,9H,3-4,7-8,10-11H2,1-2H3. The molecule has 0 atom stereocenters. The first-order chi connectivity index (χ1) is 9.06. The molecule has 0 spiro atoms. The van der Waals surface area contributed by atoms with Crippen molar-refractivity contribution >= 4 is 50.9 Å². The number of rotatable bonds is 8. The van der Waals surface area contributed by atoms with Crippen LogP contribution in [0.2, 0.25) is 10.0 Å². The molecule has 1 rings (SSSR count). The number of halogens is 3. The van der Waals surface area contributed by atoms with Crippen molar-refractivity contribution in [1.82, 2.24) is 0 Å². The van der Waals surface area contributed by atoms with E-state index in [1.807, 2.05) is 30.0 Å². The summed E-state index contributed by atoms with van der Waals surface area (Å²) in [6, 6.07) is 5.68. The Morgan fingerprint density at radius 3 is 2.32 bits per heavy atom. The number of benzene rings is 1. The summed E-state index contributed by atoms with van der Waals surface area (Å²) in [7, 11) is 0. The van der Waals surface area contributed by atoms with Gasteiger partial charge in [-0.25, -0.2) is 0 Å². The molecule has 1 aromatic rings. The van der Waals surface area contributed by atoms with E-state index in [0.29, 0.717) is 5.41 Å². The molecule has 0 fully saturated rings. The van der Waals surface area contributed by atoms with Crippen LogP contribution in [0, 0.1) is 5.41 Å². The largest absolute Gasteiger partial charge is 0.124 e. The molecule has 0 aliphatic rings. The van der Waals surface area contributed by atoms with E-state index in [4.69, 9.17) is 23.2 Å². The van der Waals surface area contributed by atoms with Gasteiger partial charge in [0.2, 0.25) is 0 Å². The molecule has 0 aromatic heterocycles. The topological polar surface area (TPSA) is 0 Å². The van der Waals surface area contributed by atoms with Gasteiger partial charge in [-0.15, -0.1) is 11.8 Å². The molecule has 0 nitrogen and oxygen atoms in total. The lowest BCUT2D eigenvalue weighted by atomic mass is 9.83. The molecule has 0 aliphatic carbocycles. The molecule has 0 unspecified atom stereocenters. The van der Waals surface area contributed by atoms with Gasteiger partial charge in [-0.1, -0.05) is 65.8 Å². The first kappa shape index (κ1) is 17.7. The van der Waals surface area contributed by atoms with Crippen LogP contribution >= 0.6 is 50.9 Å². The smallest absolute Gasteiger partial charge is 0.0542 e. The van der Waals surface area contributed by atoms with Crippen LogP contribution in [0.1, 0.15) is 39.5 Å². The molecule has 0 N–H and O–H groups in total. The number of thioether (sulfide) groups is 1. The molecule has 0 saturated carbocycles. The Labute approximate surface area is 139 Å². The van der Waals surface area contributed by atoms with Crippen LogP contribution in [0.3, 0.4) is 0 Å². The van der Waals surface area contributed by atoms with E-state index >= 15 is 0 Å². The number of hydrogen-bond acceptors (Lipinski definition) is 1. The van der Waals surface area contributed by atoms with E-state index in [1.54, 1.807) is 0 Å². The highest BCUT2D eigenvalue weighted by Crippen LogP contribution is 2.40. The van der Waals surface area contributed by atoms with Gasteiger partial charge in [-0.05, 0) is 36.5 Å². The Balaban J connectivity index is 2.77. The maximum Gasteiger partial charge on any atom is 0.0542 e. The summed E-state index contributed by atoms with van der Waals surface area (Å²) in [6.07, 6.45) is 4.93. The second-order valence-electron chi connectivity index (χ2n) is 5.00. The summed E-state index contributed by atoms with van der Waals surface area (Å²) >= 11 is 17.8. The third-order valence-corrected chi connectivity index (χ3v) is 6.54. The molecule has 4 heteroatoms. The fraction of sp³-hybridized carbons (Fsp3) is 0.600. The van der Waals surface area contributed by atoms with Gasteiger partial charge in [-0.3, -0.25) is 0 Å². The predicted octanol–water partition coefficient (Wildman–Crippen LogP) is 7.07. The normalized spacial score (nSPS) is 11.8. The Morgan fingerprint density at radius 2 is 1.79 bits per heavy atom. The zero-order valence-corrected chi connectivity index (χ0v) is 15.4. The Kier molecular flexibility index (Phi) is 8.20. The highest BCUT2D eigenvalue weighted by Gasteiger charge is 2.27. The quantitative estimate of drug-likeness (QED) is 0.341. The van der Waals surface area contributed by atoms with Crippen molar-refractivity contribution in [3.8, 4) is 0 Å². The van der Waals surface area contributed by atoms with Crippen LogP contribution in [0.4, 0.5) is 0 Å². The highest BCUT2D eigenvalue weighted by molar-refractivity contribution is 9.09. The zero-order chi connectivity index (χ0) is 14.3. The molecular formula is C15H21BrCl2S. The molecule has 0 amide bonds. The van der Waals surface area contributed by atoms with Crippen LogP contribution in [-0.4, -0.2) is 11.1 Å². The molecule has 0 saturated heterocycles. The van der Waals surface area contributed by atoms with Crippen molar-refractivity contribution in [1.29, 1.82) is 0 Å².